The van der Waals surface area contributed by atoms with Gasteiger partial charge >= 0.3 is 0 Å². The smallest absolute Gasteiger partial charge is 0.202 e. The molecule has 0 bridgehead atoms. The minimum absolute atomic E-state index is 0. The minimum atomic E-state index is -1.36. The van der Waals surface area contributed by atoms with E-state index in [1.807, 2.05) is 61.5 Å². The molecule has 0 aromatic rings. The topological polar surface area (TPSA) is 141 Å². The number of carbonyl (C=O) groups excluding carboxylic acids is 2. The molecule has 1 radical (unpaired) electrons. The Kier molecular flexibility index (Phi) is 19.3. The first-order chi connectivity index (χ1) is 26.8. The largest absolute Gasteiger partial charge is 0.392 e. The maximum absolute atomic E-state index is 14.5. The molecule has 10 nitrogen and oxygen atoms in total. The first-order valence-electron chi connectivity index (χ1n) is 22.6. The zero-order valence-corrected chi connectivity index (χ0v) is 40.8. The van der Waals surface area contributed by atoms with Crippen molar-refractivity contribution in [3.05, 3.63) is 26.0 Å². The third-order valence-corrected chi connectivity index (χ3v) is 14.8. The van der Waals surface area contributed by atoms with Gasteiger partial charge in [0.2, 0.25) is 5.79 Å². The Morgan fingerprint density at radius 3 is 2.09 bits per heavy atom. The number of aliphatic hydroxyl groups is 3. The number of hydrogen-bond donors (Lipinski definition) is 3. The maximum Gasteiger partial charge on any atom is 0.202 e. The SMILES string of the molecule is [CH2-]CC.[CH2-]CC(=O)[C@H](CC)[C@H]1CC[C@H](C)[C@H]([C@@H](C)[C@H](O)[C@H](C)C(=O)[C@H](CC)[C@H]2O[C@]3(C=C[C@@H](O)[C@]4(CC[C@@](C)([C@H]5CC[C@](O)(CC)[C@H](C)O5)O4)O3)[C@H](C)C[C@@H]2C)O1.[Y]. The van der Waals surface area contributed by atoms with E-state index in [0.29, 0.717) is 44.9 Å². The van der Waals surface area contributed by atoms with Gasteiger partial charge in [-0.1, -0.05) is 62.3 Å². The van der Waals surface area contributed by atoms with Crippen LogP contribution in [-0.4, -0.2) is 92.4 Å². The van der Waals surface area contributed by atoms with E-state index < -0.39 is 52.9 Å². The molecular weight excluding hydrogens is 813 g/mol. The molecule has 333 valence electrons. The van der Waals surface area contributed by atoms with Crippen molar-refractivity contribution in [2.75, 3.05) is 0 Å². The summed E-state index contributed by atoms with van der Waals surface area (Å²) in [7, 11) is 0. The molecule has 0 unspecified atom stereocenters. The molecule has 0 aliphatic carbocycles. The first kappa shape index (κ1) is 52.2. The maximum atomic E-state index is 14.5. The molecule has 4 saturated heterocycles. The third-order valence-electron chi connectivity index (χ3n) is 14.8. The quantitative estimate of drug-likeness (QED) is 0.123. The van der Waals surface area contributed by atoms with Gasteiger partial charge in [-0.15, -0.1) is 6.42 Å². The minimum Gasteiger partial charge on any atom is -0.392 e. The van der Waals surface area contributed by atoms with E-state index >= 15 is 0 Å². The van der Waals surface area contributed by atoms with Gasteiger partial charge in [0, 0.05) is 68.7 Å². The van der Waals surface area contributed by atoms with E-state index in [2.05, 4.69) is 34.6 Å². The molecule has 4 fully saturated rings. The van der Waals surface area contributed by atoms with Crippen LogP contribution in [0.2, 0.25) is 0 Å². The van der Waals surface area contributed by atoms with E-state index in [4.69, 9.17) is 23.7 Å². The predicted octanol–water partition coefficient (Wildman–Crippen LogP) is 8.12. The van der Waals surface area contributed by atoms with Crippen LogP contribution < -0.4 is 0 Å². The molecule has 5 heterocycles. The number of Topliss-reactive ketones (excluding diaryl/α,β-unsaturated/α-hetero) is 2. The van der Waals surface area contributed by atoms with Gasteiger partial charge in [0.05, 0.1) is 47.8 Å². The number of ketones is 2. The van der Waals surface area contributed by atoms with Crippen molar-refractivity contribution in [2.45, 2.75) is 219 Å². The summed E-state index contributed by atoms with van der Waals surface area (Å²) >= 11 is 0. The monoisotopic (exact) mass is 893 g/mol. The van der Waals surface area contributed by atoms with Crippen molar-refractivity contribution in [1.82, 2.24) is 0 Å². The molecule has 5 rings (SSSR count). The average molecular weight is 894 g/mol. The van der Waals surface area contributed by atoms with Crippen LogP contribution >= 0.6 is 0 Å². The zero-order valence-electron chi connectivity index (χ0n) is 37.9. The van der Waals surface area contributed by atoms with Crippen LogP contribution in [0.4, 0.5) is 0 Å². The van der Waals surface area contributed by atoms with Crippen LogP contribution in [0.5, 0.6) is 0 Å². The Balaban J connectivity index is 0.00000218. The summed E-state index contributed by atoms with van der Waals surface area (Å²) in [6, 6.07) is 0. The fourth-order valence-corrected chi connectivity index (χ4v) is 10.8. The van der Waals surface area contributed by atoms with E-state index in [1.54, 1.807) is 6.08 Å². The average Bonchev–Trinajstić information content (AvgIpc) is 3.53. The summed E-state index contributed by atoms with van der Waals surface area (Å²) in [5, 5.41) is 34.3. The number of rotatable bonds is 13. The van der Waals surface area contributed by atoms with Gasteiger partial charge in [-0.2, -0.15) is 6.42 Å². The van der Waals surface area contributed by atoms with Crippen LogP contribution in [0.3, 0.4) is 0 Å². The Morgan fingerprint density at radius 1 is 0.879 bits per heavy atom. The second-order valence-corrected chi connectivity index (χ2v) is 18.8. The summed E-state index contributed by atoms with van der Waals surface area (Å²) in [6.07, 6.45) is 7.70. The second kappa shape index (κ2) is 21.5. The van der Waals surface area contributed by atoms with Crippen LogP contribution in [0.1, 0.15) is 153 Å². The Hall–Kier alpha value is -0.136. The summed E-state index contributed by atoms with van der Waals surface area (Å²) in [5.41, 5.74) is -1.62. The molecular formula is C47H80O10Y-2. The predicted molar refractivity (Wildman–Crippen MR) is 222 cm³/mol. The summed E-state index contributed by atoms with van der Waals surface area (Å²) in [4.78, 5) is 27.2. The zero-order chi connectivity index (χ0) is 42.7. The van der Waals surface area contributed by atoms with Crippen molar-refractivity contribution in [3.8, 4) is 0 Å². The van der Waals surface area contributed by atoms with Gasteiger partial charge in [0.1, 0.15) is 17.7 Å². The standard InChI is InChI=1S/C44H73O10.C3H7.Y/c1-12-31(33(45)14-3)34-17-16-25(5)39(51-34)29(9)37(47)28(8)38(48)32(13-2)40-26(6)24-27(7)43(52-40)21-18-35(46)44(54-43)23-22-41(11,53-44)36-19-20-42(49,15-4)30(10)50-36;1-3-2;/h18,21,25-32,34-37,39-40,46-47,49H,3,12-17,19-20,22-24H2,1-2,4-11H3;1,3H2,2H3;/q2*-1;/t25-,26-,27+,28-,29-,30-,31-,32-,34+,35+,36+,37+,39+,40-,41-,42+,43-,44-;;/m0../s1. The van der Waals surface area contributed by atoms with E-state index in [-0.39, 0.29) is 105 Å². The van der Waals surface area contributed by atoms with E-state index in [9.17, 15) is 24.9 Å². The number of carbonyl (C=O) groups is 2. The van der Waals surface area contributed by atoms with Gasteiger partial charge in [-0.25, -0.2) is 0 Å². The Labute approximate surface area is 376 Å². The number of aliphatic hydroxyl groups excluding tert-OH is 2. The Bertz CT molecular complexity index is 1360. The molecule has 5 aliphatic rings. The molecule has 2 spiro atoms. The van der Waals surface area contributed by atoms with Crippen LogP contribution in [-0.2, 0) is 66.0 Å². The molecule has 18 atom stereocenters. The molecule has 0 amide bonds. The van der Waals surface area contributed by atoms with Crippen molar-refractivity contribution in [2.24, 2.45) is 41.4 Å². The van der Waals surface area contributed by atoms with Crippen LogP contribution in [0.15, 0.2) is 12.2 Å². The van der Waals surface area contributed by atoms with Gasteiger partial charge in [-0.05, 0) is 95.6 Å². The molecule has 3 N–H and O–H groups in total. The fourth-order valence-electron chi connectivity index (χ4n) is 10.8. The van der Waals surface area contributed by atoms with Gasteiger partial charge < -0.3 is 57.6 Å². The van der Waals surface area contributed by atoms with Crippen LogP contribution in [0.25, 0.3) is 0 Å². The normalized spacial score (nSPS) is 42.7. The van der Waals surface area contributed by atoms with E-state index in [0.717, 1.165) is 25.7 Å². The molecule has 0 aromatic carbocycles. The van der Waals surface area contributed by atoms with Crippen molar-refractivity contribution in [3.63, 3.8) is 0 Å². The second-order valence-electron chi connectivity index (χ2n) is 18.8. The van der Waals surface area contributed by atoms with E-state index in [1.165, 1.54) is 0 Å². The summed E-state index contributed by atoms with van der Waals surface area (Å²) < 4.78 is 33.8. The van der Waals surface area contributed by atoms with Gasteiger partial charge in [0.15, 0.2) is 5.79 Å². The first-order valence-corrected chi connectivity index (χ1v) is 22.6. The summed E-state index contributed by atoms with van der Waals surface area (Å²) in [6.45, 7) is 29.3. The molecule has 5 aliphatic heterocycles. The van der Waals surface area contributed by atoms with Crippen molar-refractivity contribution in [1.29, 1.82) is 0 Å². The fraction of sp³-hybridized carbons (Fsp3) is 0.872. The summed E-state index contributed by atoms with van der Waals surface area (Å²) in [5.74, 6) is -4.12. The van der Waals surface area contributed by atoms with Crippen LogP contribution in [0, 0.1) is 55.3 Å². The third kappa shape index (κ3) is 10.6. The van der Waals surface area contributed by atoms with Gasteiger partial charge in [0.25, 0.3) is 0 Å². The number of hydrogen-bond acceptors (Lipinski definition) is 10. The number of ether oxygens (including phenoxy) is 5. The van der Waals surface area contributed by atoms with Crippen molar-refractivity contribution < 1.29 is 81.3 Å². The van der Waals surface area contributed by atoms with Gasteiger partial charge in [-0.3, -0.25) is 4.79 Å². The van der Waals surface area contributed by atoms with Crippen molar-refractivity contribution >= 4 is 11.6 Å². The molecule has 0 saturated carbocycles. The Morgan fingerprint density at radius 2 is 1.52 bits per heavy atom. The molecule has 58 heavy (non-hydrogen) atoms. The molecule has 0 aromatic heterocycles. The molecule has 11 heteroatoms.